The second-order valence-corrected chi connectivity index (χ2v) is 8.38. The van der Waals surface area contributed by atoms with Crippen LogP contribution < -0.4 is 5.32 Å². The molecule has 2 aliphatic heterocycles. The fraction of sp³-hybridized carbons (Fsp3) is 0.400. The molecule has 31 heavy (non-hydrogen) atoms. The second-order valence-electron chi connectivity index (χ2n) is 8.38. The van der Waals surface area contributed by atoms with Crippen molar-refractivity contribution in [1.29, 1.82) is 5.26 Å². The number of carbonyl (C=O) groups is 2. The molecule has 1 unspecified atom stereocenters. The maximum absolute atomic E-state index is 12.6. The Hall–Kier alpha value is -3.17. The summed E-state index contributed by atoms with van der Waals surface area (Å²) >= 11 is 0. The highest BCUT2D eigenvalue weighted by Crippen LogP contribution is 2.30. The number of hydrogen-bond donors (Lipinski definition) is 1. The summed E-state index contributed by atoms with van der Waals surface area (Å²) < 4.78 is 0. The first-order chi connectivity index (χ1) is 15.1. The fourth-order valence-corrected chi connectivity index (χ4v) is 4.69. The first-order valence-corrected chi connectivity index (χ1v) is 11.0. The van der Waals surface area contributed by atoms with Gasteiger partial charge in [0, 0.05) is 24.7 Å². The van der Waals surface area contributed by atoms with E-state index in [9.17, 15) is 9.59 Å². The number of nitrogens with one attached hydrogen (secondary N) is 1. The molecule has 0 bridgehead atoms. The van der Waals surface area contributed by atoms with E-state index in [1.165, 1.54) is 11.6 Å². The van der Waals surface area contributed by atoms with Crippen LogP contribution in [0.25, 0.3) is 0 Å². The number of hydrogen-bond acceptors (Lipinski definition) is 4. The van der Waals surface area contributed by atoms with E-state index in [1.807, 2.05) is 11.0 Å². The lowest BCUT2D eigenvalue weighted by Crippen LogP contribution is -2.44. The van der Waals surface area contributed by atoms with E-state index < -0.39 is 0 Å². The van der Waals surface area contributed by atoms with Crippen molar-refractivity contribution in [2.24, 2.45) is 0 Å². The lowest BCUT2D eigenvalue weighted by Gasteiger charge is -2.36. The summed E-state index contributed by atoms with van der Waals surface area (Å²) in [6.07, 6.45) is 3.30. The summed E-state index contributed by atoms with van der Waals surface area (Å²) in [6, 6.07) is 19.7. The molecule has 1 atom stereocenters. The van der Waals surface area contributed by atoms with Crippen molar-refractivity contribution in [3.63, 3.8) is 0 Å². The van der Waals surface area contributed by atoms with E-state index in [4.69, 9.17) is 5.26 Å². The van der Waals surface area contributed by atoms with Gasteiger partial charge >= 0.3 is 0 Å². The third-order valence-corrected chi connectivity index (χ3v) is 6.49. The molecule has 2 aromatic carbocycles. The second kappa shape index (κ2) is 9.76. The van der Waals surface area contributed by atoms with Gasteiger partial charge in [-0.25, -0.2) is 0 Å². The largest absolute Gasteiger partial charge is 0.343 e. The SMILES string of the molecule is N#Cc1cccc(C(=O)NCC(=O)N2CCC(N3CCC(c4ccccc4)CC3)C2)c1. The summed E-state index contributed by atoms with van der Waals surface area (Å²) in [5, 5.41) is 11.7. The Kier molecular flexibility index (Phi) is 6.63. The van der Waals surface area contributed by atoms with Crippen molar-refractivity contribution >= 4 is 11.8 Å². The molecule has 0 aromatic heterocycles. The number of benzene rings is 2. The maximum Gasteiger partial charge on any atom is 0.251 e. The molecular formula is C25H28N4O2. The number of piperidine rings is 1. The Balaban J connectivity index is 1.23. The molecule has 160 valence electrons. The molecule has 0 radical (unpaired) electrons. The van der Waals surface area contributed by atoms with Gasteiger partial charge in [-0.3, -0.25) is 14.5 Å². The zero-order valence-electron chi connectivity index (χ0n) is 17.7. The average molecular weight is 417 g/mol. The highest BCUT2D eigenvalue weighted by molar-refractivity contribution is 5.96. The molecule has 0 spiro atoms. The molecule has 2 fully saturated rings. The quantitative estimate of drug-likeness (QED) is 0.813. The first-order valence-electron chi connectivity index (χ1n) is 11.0. The molecule has 2 amide bonds. The fourth-order valence-electron chi connectivity index (χ4n) is 4.69. The van der Waals surface area contributed by atoms with Crippen molar-refractivity contribution in [2.75, 3.05) is 32.7 Å². The van der Waals surface area contributed by atoms with Crippen LogP contribution in [0.4, 0.5) is 0 Å². The molecule has 2 saturated heterocycles. The number of amides is 2. The van der Waals surface area contributed by atoms with Crippen molar-refractivity contribution in [3.05, 3.63) is 71.3 Å². The predicted molar refractivity (Wildman–Crippen MR) is 118 cm³/mol. The van der Waals surface area contributed by atoms with Gasteiger partial charge in [0.15, 0.2) is 0 Å². The summed E-state index contributed by atoms with van der Waals surface area (Å²) in [4.78, 5) is 29.3. The van der Waals surface area contributed by atoms with Gasteiger partial charge in [-0.05, 0) is 62.0 Å². The number of carbonyl (C=O) groups excluding carboxylic acids is 2. The smallest absolute Gasteiger partial charge is 0.251 e. The van der Waals surface area contributed by atoms with E-state index in [0.29, 0.717) is 23.1 Å². The molecule has 1 N–H and O–H groups in total. The van der Waals surface area contributed by atoms with E-state index in [1.54, 1.807) is 18.2 Å². The third-order valence-electron chi connectivity index (χ3n) is 6.49. The van der Waals surface area contributed by atoms with Crippen LogP contribution in [-0.4, -0.2) is 60.4 Å². The summed E-state index contributed by atoms with van der Waals surface area (Å²) in [7, 11) is 0. The standard InChI is InChI=1S/C25H28N4O2/c26-16-19-5-4-8-22(15-19)25(31)27-17-24(30)29-14-11-23(18-29)28-12-9-21(10-13-28)20-6-2-1-3-7-20/h1-8,15,21,23H,9-14,17-18H2,(H,27,31). The highest BCUT2D eigenvalue weighted by Gasteiger charge is 2.32. The molecule has 2 aromatic rings. The van der Waals surface area contributed by atoms with Crippen LogP contribution in [0, 0.1) is 11.3 Å². The molecule has 6 heteroatoms. The van der Waals surface area contributed by atoms with Gasteiger partial charge in [-0.2, -0.15) is 5.26 Å². The van der Waals surface area contributed by atoms with Gasteiger partial charge in [0.1, 0.15) is 0 Å². The van der Waals surface area contributed by atoms with Crippen molar-refractivity contribution in [1.82, 2.24) is 15.1 Å². The Labute approximate surface area is 183 Å². The van der Waals surface area contributed by atoms with Gasteiger partial charge in [-0.15, -0.1) is 0 Å². The lowest BCUT2D eigenvalue weighted by atomic mass is 9.89. The van der Waals surface area contributed by atoms with Gasteiger partial charge in [0.2, 0.25) is 5.91 Å². The Bertz CT molecular complexity index is 961. The summed E-state index contributed by atoms with van der Waals surface area (Å²) in [6.45, 7) is 3.59. The maximum atomic E-state index is 12.6. The van der Waals surface area contributed by atoms with Gasteiger partial charge in [-0.1, -0.05) is 36.4 Å². The normalized spacial score (nSPS) is 19.7. The minimum Gasteiger partial charge on any atom is -0.343 e. The predicted octanol–water partition coefficient (Wildman–Crippen LogP) is 2.77. The summed E-state index contributed by atoms with van der Waals surface area (Å²) in [5.41, 5.74) is 2.26. The van der Waals surface area contributed by atoms with E-state index in [-0.39, 0.29) is 18.4 Å². The number of nitriles is 1. The van der Waals surface area contributed by atoms with Crippen molar-refractivity contribution < 1.29 is 9.59 Å². The molecular weight excluding hydrogens is 388 g/mol. The molecule has 2 heterocycles. The lowest BCUT2D eigenvalue weighted by molar-refractivity contribution is -0.129. The van der Waals surface area contributed by atoms with E-state index in [2.05, 4.69) is 40.5 Å². The van der Waals surface area contributed by atoms with E-state index >= 15 is 0 Å². The van der Waals surface area contributed by atoms with E-state index in [0.717, 1.165) is 45.4 Å². The molecule has 0 saturated carbocycles. The average Bonchev–Trinajstić information content (AvgIpc) is 3.33. The topological polar surface area (TPSA) is 76.4 Å². The number of rotatable bonds is 5. The Morgan fingerprint density at radius 2 is 1.77 bits per heavy atom. The van der Waals surface area contributed by atoms with Crippen LogP contribution in [0.5, 0.6) is 0 Å². The van der Waals surface area contributed by atoms with Crippen molar-refractivity contribution in [2.45, 2.75) is 31.2 Å². The molecule has 0 aliphatic carbocycles. The summed E-state index contributed by atoms with van der Waals surface area (Å²) in [5.74, 6) is 0.252. The number of nitrogens with zero attached hydrogens (tertiary/aromatic N) is 3. The highest BCUT2D eigenvalue weighted by atomic mass is 16.2. The minimum absolute atomic E-state index is 0.0155. The van der Waals surface area contributed by atoms with Crippen LogP contribution in [0.15, 0.2) is 54.6 Å². The van der Waals surface area contributed by atoms with Crippen molar-refractivity contribution in [3.8, 4) is 6.07 Å². The third kappa shape index (κ3) is 5.12. The first kappa shape index (κ1) is 21.1. The van der Waals surface area contributed by atoms with Gasteiger partial charge in [0.05, 0.1) is 18.2 Å². The monoisotopic (exact) mass is 416 g/mol. The van der Waals surface area contributed by atoms with Crippen LogP contribution >= 0.6 is 0 Å². The van der Waals surface area contributed by atoms with Crippen LogP contribution in [0.1, 0.15) is 46.7 Å². The minimum atomic E-state index is -0.329. The van der Waals surface area contributed by atoms with Crippen LogP contribution in [0.2, 0.25) is 0 Å². The van der Waals surface area contributed by atoms with Gasteiger partial charge in [0.25, 0.3) is 5.91 Å². The molecule has 4 rings (SSSR count). The zero-order chi connectivity index (χ0) is 21.6. The zero-order valence-corrected chi connectivity index (χ0v) is 17.7. The molecule has 2 aliphatic rings. The van der Waals surface area contributed by atoms with Crippen LogP contribution in [-0.2, 0) is 4.79 Å². The Morgan fingerprint density at radius 1 is 1.00 bits per heavy atom. The number of likely N-dealkylation sites (tertiary alicyclic amines) is 2. The molecule has 6 nitrogen and oxygen atoms in total. The van der Waals surface area contributed by atoms with Gasteiger partial charge < -0.3 is 10.2 Å². The Morgan fingerprint density at radius 3 is 2.52 bits per heavy atom. The van der Waals surface area contributed by atoms with Crippen LogP contribution in [0.3, 0.4) is 0 Å².